The number of nitrogens with zero attached hydrogens (tertiary/aromatic N) is 3. The number of hydrogen-bond acceptors (Lipinski definition) is 14. The Balaban J connectivity index is 0.00000507. The largest absolute Gasteiger partial charge is 0.511 e. The molecule has 0 aliphatic carbocycles. The van der Waals surface area contributed by atoms with Crippen molar-refractivity contribution >= 4 is 57.9 Å². The minimum absolute atomic E-state index is 0. The van der Waals surface area contributed by atoms with Crippen LogP contribution in [0.1, 0.15) is 33.9 Å². The molecule has 2 aliphatic rings. The molecule has 1 unspecified atom stereocenters. The third kappa shape index (κ3) is 6.93. The van der Waals surface area contributed by atoms with E-state index in [0.29, 0.717) is 11.3 Å². The van der Waals surface area contributed by atoms with Crippen molar-refractivity contribution in [2.75, 3.05) is 32.3 Å². The number of ether oxygens (including phenoxy) is 4. The Kier molecular flexibility index (Phi) is 10.9. The van der Waals surface area contributed by atoms with Crippen LogP contribution in [-0.4, -0.2) is 89.9 Å². The SMILES string of the molecule is C.COCC1=C(C(=O)OC(C)OC(=O)OC(C)C)N2C(=O)[C@@H](NC(=O)/C(=N\OC)c3csc(N)n3)[C@H]2SC1. The summed E-state index contributed by atoms with van der Waals surface area (Å²) in [5.74, 6) is -1.81. The molecule has 14 nitrogen and oxygen atoms in total. The molecule has 1 aromatic rings. The number of nitrogens with one attached hydrogen (secondary N) is 1. The summed E-state index contributed by atoms with van der Waals surface area (Å²) in [4.78, 5) is 60.8. The Bertz CT molecular complexity index is 1120. The molecule has 0 radical (unpaired) electrons. The van der Waals surface area contributed by atoms with Crippen LogP contribution in [0.5, 0.6) is 0 Å². The van der Waals surface area contributed by atoms with Gasteiger partial charge in [-0.2, -0.15) is 0 Å². The second-order valence-corrected chi connectivity index (χ2v) is 9.94. The lowest BCUT2D eigenvalue weighted by Crippen LogP contribution is -2.71. The van der Waals surface area contributed by atoms with Gasteiger partial charge in [-0.05, 0) is 19.4 Å². The first-order valence-corrected chi connectivity index (χ1v) is 12.9. The van der Waals surface area contributed by atoms with Crippen molar-refractivity contribution in [2.24, 2.45) is 5.16 Å². The van der Waals surface area contributed by atoms with Gasteiger partial charge in [0.25, 0.3) is 11.8 Å². The highest BCUT2D eigenvalue weighted by atomic mass is 32.2. The minimum atomic E-state index is -1.28. The summed E-state index contributed by atoms with van der Waals surface area (Å²) in [5.41, 5.74) is 6.15. The molecule has 2 amide bonds. The first-order chi connectivity index (χ1) is 17.6. The fourth-order valence-electron chi connectivity index (χ4n) is 3.45. The van der Waals surface area contributed by atoms with Gasteiger partial charge in [0.1, 0.15) is 29.9 Å². The van der Waals surface area contributed by atoms with Gasteiger partial charge in [0.2, 0.25) is 6.29 Å². The molecule has 0 spiro atoms. The zero-order valence-electron chi connectivity index (χ0n) is 20.7. The Hall–Kier alpha value is -3.37. The van der Waals surface area contributed by atoms with Gasteiger partial charge in [0.05, 0.1) is 12.7 Å². The summed E-state index contributed by atoms with van der Waals surface area (Å²) >= 11 is 2.45. The highest BCUT2D eigenvalue weighted by molar-refractivity contribution is 8.00. The van der Waals surface area contributed by atoms with Crippen molar-refractivity contribution in [2.45, 2.75) is 52.0 Å². The van der Waals surface area contributed by atoms with Crippen LogP contribution in [0.3, 0.4) is 0 Å². The van der Waals surface area contributed by atoms with E-state index in [1.54, 1.807) is 13.8 Å². The van der Waals surface area contributed by atoms with Crippen molar-refractivity contribution in [1.29, 1.82) is 0 Å². The third-order valence-corrected chi connectivity index (χ3v) is 6.89. The topological polar surface area (TPSA) is 181 Å². The minimum Gasteiger partial charge on any atom is -0.431 e. The Morgan fingerprint density at radius 2 is 1.95 bits per heavy atom. The van der Waals surface area contributed by atoms with Crippen molar-refractivity contribution in [3.05, 3.63) is 22.3 Å². The number of carbonyl (C=O) groups is 4. The van der Waals surface area contributed by atoms with Crippen LogP contribution in [0.2, 0.25) is 0 Å². The van der Waals surface area contributed by atoms with Crippen molar-refractivity contribution in [1.82, 2.24) is 15.2 Å². The van der Waals surface area contributed by atoms with Crippen LogP contribution < -0.4 is 11.1 Å². The van der Waals surface area contributed by atoms with E-state index >= 15 is 0 Å². The van der Waals surface area contributed by atoms with Gasteiger partial charge < -0.3 is 34.8 Å². The molecule has 3 N–H and O–H groups in total. The molecule has 1 saturated heterocycles. The van der Waals surface area contributed by atoms with E-state index in [9.17, 15) is 19.2 Å². The van der Waals surface area contributed by atoms with Gasteiger partial charge in [-0.3, -0.25) is 14.5 Å². The maximum Gasteiger partial charge on any atom is 0.511 e. The second kappa shape index (κ2) is 13.4. The molecule has 0 bridgehead atoms. The zero-order valence-corrected chi connectivity index (χ0v) is 22.3. The number of thioether (sulfide) groups is 1. The Morgan fingerprint density at radius 3 is 2.53 bits per heavy atom. The average molecular weight is 574 g/mol. The predicted molar refractivity (Wildman–Crippen MR) is 139 cm³/mol. The molecule has 0 aromatic carbocycles. The molecule has 38 heavy (non-hydrogen) atoms. The number of anilines is 1. The number of methoxy groups -OCH3 is 1. The molecule has 210 valence electrons. The molecular weight excluding hydrogens is 542 g/mol. The molecule has 3 atom stereocenters. The number of amides is 2. The van der Waals surface area contributed by atoms with Crippen LogP contribution in [0, 0.1) is 0 Å². The second-order valence-electron chi connectivity index (χ2n) is 7.95. The maximum atomic E-state index is 13.1. The number of thiazole rings is 1. The number of rotatable bonds is 10. The highest BCUT2D eigenvalue weighted by Gasteiger charge is 2.55. The average Bonchev–Trinajstić information content (AvgIpc) is 3.25. The molecule has 1 aromatic heterocycles. The van der Waals surface area contributed by atoms with Crippen molar-refractivity contribution in [3.8, 4) is 0 Å². The first kappa shape index (κ1) is 30.9. The molecule has 3 rings (SSSR count). The lowest BCUT2D eigenvalue weighted by Gasteiger charge is -2.49. The highest BCUT2D eigenvalue weighted by Crippen LogP contribution is 2.41. The summed E-state index contributed by atoms with van der Waals surface area (Å²) in [5, 5.41) is 7.49. The van der Waals surface area contributed by atoms with Gasteiger partial charge in [0, 0.05) is 25.2 Å². The van der Waals surface area contributed by atoms with Crippen molar-refractivity contribution in [3.63, 3.8) is 0 Å². The van der Waals surface area contributed by atoms with Gasteiger partial charge >= 0.3 is 12.1 Å². The first-order valence-electron chi connectivity index (χ1n) is 10.9. The number of β-lactam (4-membered cyclic amide) rings is 1. The predicted octanol–water partition coefficient (Wildman–Crippen LogP) is 1.46. The van der Waals surface area contributed by atoms with Gasteiger partial charge in [-0.1, -0.05) is 12.6 Å². The van der Waals surface area contributed by atoms with E-state index < -0.39 is 47.7 Å². The van der Waals surface area contributed by atoms with E-state index in [1.807, 2.05) is 0 Å². The summed E-state index contributed by atoms with van der Waals surface area (Å²) < 4.78 is 20.2. The van der Waals surface area contributed by atoms with Crippen LogP contribution in [0.25, 0.3) is 0 Å². The molecule has 0 saturated carbocycles. The van der Waals surface area contributed by atoms with E-state index in [0.717, 1.165) is 11.3 Å². The van der Waals surface area contributed by atoms with E-state index in [4.69, 9.17) is 29.5 Å². The Labute approximate surface area is 227 Å². The zero-order chi connectivity index (χ0) is 27.3. The molecule has 3 heterocycles. The standard InChI is InChI=1S/C21H27N5O9S2.CH4/c1-9(2)33-21(30)35-10(3)34-19(29)15-11(6-31-4)7-36-18-14(17(28)26(15)18)24-16(27)13(25-32-5)12-8-37-20(22)23-12;/h8-10,14,18H,6-7H2,1-5H3,(H2,22,23)(H,24,27);1H4/b25-13-;/t10?,14-,18-;/m1./s1. The van der Waals surface area contributed by atoms with E-state index in [1.165, 1.54) is 43.2 Å². The number of aromatic nitrogens is 1. The lowest BCUT2D eigenvalue weighted by atomic mass is 10.0. The maximum absolute atomic E-state index is 13.1. The lowest BCUT2D eigenvalue weighted by molar-refractivity contribution is -0.169. The number of hydrogen-bond donors (Lipinski definition) is 2. The summed E-state index contributed by atoms with van der Waals surface area (Å²) in [6, 6.07) is -0.961. The number of fused-ring (bicyclic) bond motifs is 1. The number of nitrogens with two attached hydrogens (primary N) is 1. The molecular formula is C22H31N5O9S2. The number of nitrogen functional groups attached to an aromatic ring is 1. The molecule has 1 fully saturated rings. The monoisotopic (exact) mass is 573 g/mol. The normalized spacial score (nSPS) is 19.6. The quantitative estimate of drug-likeness (QED) is 0.135. The smallest absolute Gasteiger partial charge is 0.431 e. The Morgan fingerprint density at radius 1 is 1.24 bits per heavy atom. The van der Waals surface area contributed by atoms with Crippen LogP contribution in [0.15, 0.2) is 21.8 Å². The van der Waals surface area contributed by atoms with E-state index in [-0.39, 0.29) is 36.3 Å². The van der Waals surface area contributed by atoms with Crippen molar-refractivity contribution < 1.29 is 43.0 Å². The molecule has 16 heteroatoms. The summed E-state index contributed by atoms with van der Waals surface area (Å²) in [6.45, 7) is 4.68. The van der Waals surface area contributed by atoms with Crippen LogP contribution >= 0.6 is 23.1 Å². The fourth-order valence-corrected chi connectivity index (χ4v) is 5.32. The summed E-state index contributed by atoms with van der Waals surface area (Å²) in [6.07, 6.45) is -2.71. The number of carbonyl (C=O) groups excluding carboxylic acids is 4. The van der Waals surface area contributed by atoms with Gasteiger partial charge in [-0.25, -0.2) is 14.6 Å². The third-order valence-electron chi connectivity index (χ3n) is 4.88. The van der Waals surface area contributed by atoms with Crippen LogP contribution in [0.4, 0.5) is 9.93 Å². The van der Waals surface area contributed by atoms with Crippen LogP contribution in [-0.2, 0) is 38.2 Å². The van der Waals surface area contributed by atoms with Gasteiger partial charge in [-0.15, -0.1) is 23.1 Å². The molecule has 2 aliphatic heterocycles. The fraction of sp³-hybridized carbons (Fsp3) is 0.545. The number of oxime groups is 1. The van der Waals surface area contributed by atoms with E-state index in [2.05, 4.69) is 15.5 Å². The number of esters is 1. The summed E-state index contributed by atoms with van der Waals surface area (Å²) in [7, 11) is 2.71. The van der Waals surface area contributed by atoms with Gasteiger partial charge in [0.15, 0.2) is 10.8 Å².